The van der Waals surface area contributed by atoms with E-state index in [2.05, 4.69) is 39.9 Å². The molecule has 6 heteroatoms. The Bertz CT molecular complexity index is 601. The van der Waals surface area contributed by atoms with Gasteiger partial charge in [0.15, 0.2) is 0 Å². The lowest BCUT2D eigenvalue weighted by molar-refractivity contribution is -0.0317. The van der Waals surface area contributed by atoms with Crippen molar-refractivity contribution < 1.29 is 24.1 Å². The van der Waals surface area contributed by atoms with Gasteiger partial charge >= 0.3 is 0 Å². The first kappa shape index (κ1) is 25.2. The minimum Gasteiger partial charge on any atom is -0.493 e. The first-order valence-electron chi connectivity index (χ1n) is 10.7. The van der Waals surface area contributed by atoms with Gasteiger partial charge in [-0.05, 0) is 44.7 Å². The molecule has 1 amide bonds. The fourth-order valence-electron chi connectivity index (χ4n) is 2.53. The second-order valence-electron chi connectivity index (χ2n) is 8.26. The molecule has 0 aromatic heterocycles. The van der Waals surface area contributed by atoms with E-state index >= 15 is 0 Å². The van der Waals surface area contributed by atoms with Crippen LogP contribution in [0, 0.1) is 5.92 Å². The molecule has 6 nitrogen and oxygen atoms in total. The van der Waals surface area contributed by atoms with Crippen molar-refractivity contribution in [3.05, 3.63) is 23.8 Å². The number of unbranched alkanes of at least 4 members (excludes halogenated alkanes) is 1. The molecule has 0 heterocycles. The molecule has 0 atom stereocenters. The quantitative estimate of drug-likeness (QED) is 0.425. The summed E-state index contributed by atoms with van der Waals surface area (Å²) in [6.07, 6.45) is 3.82. The monoisotopic (exact) mass is 409 g/mol. The van der Waals surface area contributed by atoms with Crippen LogP contribution in [0.5, 0.6) is 11.5 Å². The van der Waals surface area contributed by atoms with Crippen LogP contribution < -0.4 is 14.8 Å². The predicted molar refractivity (Wildman–Crippen MR) is 116 cm³/mol. The molecule has 0 aliphatic rings. The Kier molecular flexibility index (Phi) is 11.7. The highest BCUT2D eigenvalue weighted by molar-refractivity contribution is 5.95. The fraction of sp³-hybridized carbons (Fsp3) is 0.696. The van der Waals surface area contributed by atoms with Gasteiger partial charge in [0, 0.05) is 31.2 Å². The van der Waals surface area contributed by atoms with Crippen molar-refractivity contribution in [1.82, 2.24) is 5.32 Å². The summed E-state index contributed by atoms with van der Waals surface area (Å²) >= 11 is 0. The van der Waals surface area contributed by atoms with Gasteiger partial charge < -0.3 is 24.6 Å². The minimum absolute atomic E-state index is 0.104. The standard InChI is InChI=1S/C23H39NO5/c1-6-7-12-29-23(4,5)9-14-28-21-16-19(22(26)24-10-11-25)15-20(17-21)27-13-8-18(2)3/h15-18,25H,6-14H2,1-5H3,(H,24,26). The molecule has 0 aliphatic carbocycles. The normalized spacial score (nSPS) is 11.6. The Morgan fingerprint density at radius 3 is 2.34 bits per heavy atom. The van der Waals surface area contributed by atoms with Crippen LogP contribution >= 0.6 is 0 Å². The third-order valence-electron chi connectivity index (χ3n) is 4.47. The van der Waals surface area contributed by atoms with Crippen LogP contribution in [0.3, 0.4) is 0 Å². The van der Waals surface area contributed by atoms with Crippen molar-refractivity contribution in [2.75, 3.05) is 33.0 Å². The van der Waals surface area contributed by atoms with Crippen molar-refractivity contribution in [2.24, 2.45) is 5.92 Å². The van der Waals surface area contributed by atoms with Crippen LogP contribution in [0.25, 0.3) is 0 Å². The number of carbonyl (C=O) groups is 1. The molecule has 0 bridgehead atoms. The predicted octanol–water partition coefficient (Wildman–Crippen LogP) is 4.20. The maximum atomic E-state index is 12.3. The summed E-state index contributed by atoms with van der Waals surface area (Å²) in [5.41, 5.74) is 0.191. The lowest BCUT2D eigenvalue weighted by Crippen LogP contribution is -2.27. The number of nitrogens with one attached hydrogen (secondary N) is 1. The van der Waals surface area contributed by atoms with Gasteiger partial charge in [-0.3, -0.25) is 4.79 Å². The van der Waals surface area contributed by atoms with Gasteiger partial charge in [-0.15, -0.1) is 0 Å². The SMILES string of the molecule is CCCCOC(C)(C)CCOc1cc(OCCC(C)C)cc(C(=O)NCCO)c1. The van der Waals surface area contributed by atoms with E-state index in [1.807, 2.05) is 6.07 Å². The summed E-state index contributed by atoms with van der Waals surface area (Å²) in [5.74, 6) is 1.47. The van der Waals surface area contributed by atoms with Crippen molar-refractivity contribution >= 4 is 5.91 Å². The van der Waals surface area contributed by atoms with Gasteiger partial charge in [0.25, 0.3) is 5.91 Å². The van der Waals surface area contributed by atoms with Gasteiger partial charge in [-0.25, -0.2) is 0 Å². The number of rotatable bonds is 15. The lowest BCUT2D eigenvalue weighted by atomic mass is 10.1. The maximum absolute atomic E-state index is 12.3. The Labute approximate surface area is 175 Å². The van der Waals surface area contributed by atoms with Crippen molar-refractivity contribution in [3.8, 4) is 11.5 Å². The zero-order chi connectivity index (χ0) is 21.7. The molecule has 0 aliphatic heterocycles. The van der Waals surface area contributed by atoms with Crippen LogP contribution in [0.15, 0.2) is 18.2 Å². The molecular formula is C23H39NO5. The van der Waals surface area contributed by atoms with E-state index in [0.717, 1.165) is 32.3 Å². The molecule has 0 unspecified atom stereocenters. The van der Waals surface area contributed by atoms with E-state index < -0.39 is 0 Å². The Morgan fingerprint density at radius 1 is 1.10 bits per heavy atom. The number of hydrogen-bond acceptors (Lipinski definition) is 5. The number of hydrogen-bond donors (Lipinski definition) is 2. The zero-order valence-electron chi connectivity index (χ0n) is 18.8. The second kappa shape index (κ2) is 13.4. The van der Waals surface area contributed by atoms with Crippen LogP contribution in [-0.4, -0.2) is 49.6 Å². The van der Waals surface area contributed by atoms with E-state index in [9.17, 15) is 4.79 Å². The van der Waals surface area contributed by atoms with E-state index in [1.54, 1.807) is 12.1 Å². The number of carbonyl (C=O) groups excluding carboxylic acids is 1. The van der Waals surface area contributed by atoms with Crippen LogP contribution in [0.2, 0.25) is 0 Å². The molecule has 1 rings (SSSR count). The number of benzene rings is 1. The molecule has 166 valence electrons. The van der Waals surface area contributed by atoms with Crippen molar-refractivity contribution in [2.45, 2.75) is 65.9 Å². The molecule has 0 spiro atoms. The zero-order valence-corrected chi connectivity index (χ0v) is 18.8. The van der Waals surface area contributed by atoms with Crippen LogP contribution in [-0.2, 0) is 4.74 Å². The molecular weight excluding hydrogens is 370 g/mol. The summed E-state index contributed by atoms with van der Waals surface area (Å²) in [5, 5.41) is 11.6. The van der Waals surface area contributed by atoms with Crippen molar-refractivity contribution in [1.29, 1.82) is 0 Å². The topological polar surface area (TPSA) is 77.0 Å². The Morgan fingerprint density at radius 2 is 1.76 bits per heavy atom. The van der Waals surface area contributed by atoms with E-state index in [-0.39, 0.29) is 24.7 Å². The third kappa shape index (κ3) is 11.1. The summed E-state index contributed by atoms with van der Waals surface area (Å²) in [4.78, 5) is 12.3. The van der Waals surface area contributed by atoms with E-state index in [0.29, 0.717) is 36.2 Å². The third-order valence-corrected chi connectivity index (χ3v) is 4.47. The first-order chi connectivity index (χ1) is 13.8. The molecule has 29 heavy (non-hydrogen) atoms. The Balaban J connectivity index is 2.75. The van der Waals surface area contributed by atoms with Crippen molar-refractivity contribution in [3.63, 3.8) is 0 Å². The van der Waals surface area contributed by atoms with E-state index in [1.165, 1.54) is 0 Å². The summed E-state index contributed by atoms with van der Waals surface area (Å²) in [6, 6.07) is 5.22. The molecule has 0 radical (unpaired) electrons. The molecule has 1 aromatic rings. The highest BCUT2D eigenvalue weighted by Crippen LogP contribution is 2.25. The molecule has 1 aromatic carbocycles. The summed E-state index contributed by atoms with van der Waals surface area (Å²) in [7, 11) is 0. The average molecular weight is 410 g/mol. The van der Waals surface area contributed by atoms with Gasteiger partial charge in [-0.2, -0.15) is 0 Å². The highest BCUT2D eigenvalue weighted by atomic mass is 16.5. The number of aliphatic hydroxyl groups excluding tert-OH is 1. The molecule has 0 saturated heterocycles. The molecule has 2 N–H and O–H groups in total. The van der Waals surface area contributed by atoms with Gasteiger partial charge in [0.2, 0.25) is 0 Å². The minimum atomic E-state index is -0.263. The lowest BCUT2D eigenvalue weighted by Gasteiger charge is -2.25. The van der Waals surface area contributed by atoms with Gasteiger partial charge in [0.05, 0.1) is 25.4 Å². The summed E-state index contributed by atoms with van der Waals surface area (Å²) < 4.78 is 17.7. The highest BCUT2D eigenvalue weighted by Gasteiger charge is 2.18. The first-order valence-corrected chi connectivity index (χ1v) is 10.7. The van der Waals surface area contributed by atoms with E-state index in [4.69, 9.17) is 19.3 Å². The average Bonchev–Trinajstić information content (AvgIpc) is 2.65. The van der Waals surface area contributed by atoms with Crippen LogP contribution in [0.4, 0.5) is 0 Å². The molecule has 0 saturated carbocycles. The maximum Gasteiger partial charge on any atom is 0.251 e. The number of amides is 1. The van der Waals surface area contributed by atoms with Crippen LogP contribution in [0.1, 0.15) is 70.7 Å². The van der Waals surface area contributed by atoms with Gasteiger partial charge in [-0.1, -0.05) is 27.2 Å². The largest absolute Gasteiger partial charge is 0.493 e. The van der Waals surface area contributed by atoms with Gasteiger partial charge in [0.1, 0.15) is 11.5 Å². The Hall–Kier alpha value is -1.79. The second-order valence-corrected chi connectivity index (χ2v) is 8.26. The smallest absolute Gasteiger partial charge is 0.251 e. The number of ether oxygens (including phenoxy) is 3. The summed E-state index contributed by atoms with van der Waals surface area (Å²) in [6.45, 7) is 12.5. The number of aliphatic hydroxyl groups is 1. The molecule has 0 fully saturated rings. The fourth-order valence-corrected chi connectivity index (χ4v) is 2.53.